The lowest BCUT2D eigenvalue weighted by atomic mass is 10.1. The average Bonchev–Trinajstić information content (AvgIpc) is 3.03. The minimum Gasteiger partial charge on any atom is -0.454 e. The summed E-state index contributed by atoms with van der Waals surface area (Å²) in [6, 6.07) is 7.66. The van der Waals surface area contributed by atoms with Crippen molar-refractivity contribution < 1.29 is 4.74 Å². The third kappa shape index (κ3) is 1.79. The predicted octanol–water partition coefficient (Wildman–Crippen LogP) is 1.21. The van der Waals surface area contributed by atoms with Crippen LogP contribution in [-0.2, 0) is 13.6 Å². The summed E-state index contributed by atoms with van der Waals surface area (Å²) in [4.78, 5) is 30.2. The molecule has 0 amide bonds. The molecule has 0 aliphatic carbocycles. The highest BCUT2D eigenvalue weighted by Gasteiger charge is 2.29. The highest BCUT2D eigenvalue weighted by molar-refractivity contribution is 6.30. The average molecular weight is 319 g/mol. The van der Waals surface area contributed by atoms with Crippen LogP contribution < -0.4 is 16.0 Å². The maximum absolute atomic E-state index is 12.1. The van der Waals surface area contributed by atoms with Crippen molar-refractivity contribution in [3.8, 4) is 6.01 Å². The van der Waals surface area contributed by atoms with Gasteiger partial charge in [-0.15, -0.1) is 0 Å². The summed E-state index contributed by atoms with van der Waals surface area (Å²) in [5.74, 6) is 0. The molecular formula is C14H11ClN4O3. The summed E-state index contributed by atoms with van der Waals surface area (Å²) >= 11 is 5.88. The summed E-state index contributed by atoms with van der Waals surface area (Å²) < 4.78 is 8.79. The van der Waals surface area contributed by atoms with Crippen molar-refractivity contribution in [3.63, 3.8) is 0 Å². The van der Waals surface area contributed by atoms with Gasteiger partial charge >= 0.3 is 5.69 Å². The van der Waals surface area contributed by atoms with Gasteiger partial charge in [-0.05, 0) is 17.7 Å². The van der Waals surface area contributed by atoms with Gasteiger partial charge in [0, 0.05) is 12.1 Å². The van der Waals surface area contributed by atoms with Crippen LogP contribution in [0.5, 0.6) is 6.01 Å². The van der Waals surface area contributed by atoms with Crippen molar-refractivity contribution >= 4 is 22.8 Å². The van der Waals surface area contributed by atoms with Crippen LogP contribution in [0.25, 0.3) is 11.2 Å². The van der Waals surface area contributed by atoms with Crippen LogP contribution >= 0.6 is 11.6 Å². The lowest BCUT2D eigenvalue weighted by molar-refractivity contribution is 0.230. The number of H-pyrrole nitrogens is 1. The molecule has 1 aliphatic rings. The topological polar surface area (TPSA) is 81.9 Å². The number of benzene rings is 1. The number of hydrogen-bond acceptors (Lipinski definition) is 4. The second-order valence-electron chi connectivity index (χ2n) is 5.15. The maximum Gasteiger partial charge on any atom is 0.329 e. The van der Waals surface area contributed by atoms with Gasteiger partial charge in [-0.3, -0.25) is 18.9 Å². The number of fused-ring (bicyclic) bond motifs is 3. The van der Waals surface area contributed by atoms with E-state index in [2.05, 4.69) is 9.97 Å². The molecule has 1 aromatic carbocycles. The molecule has 0 radical (unpaired) electrons. The Balaban J connectivity index is 1.82. The van der Waals surface area contributed by atoms with Gasteiger partial charge in [-0.2, -0.15) is 4.98 Å². The second-order valence-corrected chi connectivity index (χ2v) is 5.59. The van der Waals surface area contributed by atoms with Gasteiger partial charge in [0.05, 0.1) is 6.54 Å². The van der Waals surface area contributed by atoms with Crippen molar-refractivity contribution in [2.75, 3.05) is 0 Å². The number of aryl methyl sites for hydroxylation is 1. The molecule has 0 saturated heterocycles. The molecule has 0 bridgehead atoms. The normalized spacial score (nSPS) is 16.7. The molecule has 22 heavy (non-hydrogen) atoms. The Morgan fingerprint density at radius 3 is 2.77 bits per heavy atom. The van der Waals surface area contributed by atoms with Crippen molar-refractivity contribution in [3.05, 3.63) is 55.7 Å². The maximum atomic E-state index is 12.1. The Morgan fingerprint density at radius 2 is 2.05 bits per heavy atom. The van der Waals surface area contributed by atoms with Crippen molar-refractivity contribution in [1.29, 1.82) is 0 Å². The van der Waals surface area contributed by atoms with Crippen LogP contribution in [-0.4, -0.2) is 19.1 Å². The monoisotopic (exact) mass is 318 g/mol. The minimum atomic E-state index is -0.497. The fourth-order valence-corrected chi connectivity index (χ4v) is 2.78. The molecular weight excluding hydrogens is 308 g/mol. The minimum absolute atomic E-state index is 0.235. The molecule has 3 heterocycles. The van der Waals surface area contributed by atoms with E-state index in [4.69, 9.17) is 16.3 Å². The van der Waals surface area contributed by atoms with Crippen LogP contribution in [0.15, 0.2) is 33.9 Å². The van der Waals surface area contributed by atoms with Crippen LogP contribution in [0.1, 0.15) is 11.7 Å². The molecule has 112 valence electrons. The SMILES string of the molecule is Cn1c(=O)[nH]c(=O)c2c1nc1n2C[C@H](c2ccc(Cl)cc2)O1. The van der Waals surface area contributed by atoms with E-state index in [9.17, 15) is 9.59 Å². The molecule has 0 unspecified atom stereocenters. The smallest absolute Gasteiger partial charge is 0.329 e. The third-order valence-corrected chi connectivity index (χ3v) is 4.06. The summed E-state index contributed by atoms with van der Waals surface area (Å²) in [5.41, 5.74) is 0.650. The van der Waals surface area contributed by atoms with Gasteiger partial charge in [0.15, 0.2) is 11.2 Å². The van der Waals surface area contributed by atoms with E-state index in [-0.39, 0.29) is 6.10 Å². The zero-order chi connectivity index (χ0) is 15.4. The first-order chi connectivity index (χ1) is 10.5. The number of nitrogens with one attached hydrogen (secondary N) is 1. The molecule has 2 aromatic heterocycles. The van der Waals surface area contributed by atoms with Gasteiger partial charge in [0.1, 0.15) is 6.10 Å². The quantitative estimate of drug-likeness (QED) is 0.731. The van der Waals surface area contributed by atoms with E-state index < -0.39 is 11.2 Å². The Bertz CT molecular complexity index is 1000. The number of ether oxygens (including phenoxy) is 1. The zero-order valence-corrected chi connectivity index (χ0v) is 12.3. The van der Waals surface area contributed by atoms with Crippen LogP contribution in [0.4, 0.5) is 0 Å². The van der Waals surface area contributed by atoms with E-state index in [0.29, 0.717) is 28.7 Å². The number of nitrogens with zero attached hydrogens (tertiary/aromatic N) is 3. The zero-order valence-electron chi connectivity index (χ0n) is 11.5. The van der Waals surface area contributed by atoms with E-state index in [0.717, 1.165) is 5.56 Å². The van der Waals surface area contributed by atoms with Crippen LogP contribution in [0.2, 0.25) is 5.02 Å². The van der Waals surface area contributed by atoms with E-state index in [1.807, 2.05) is 12.1 Å². The number of aromatic nitrogens is 4. The van der Waals surface area contributed by atoms with Crippen molar-refractivity contribution in [2.45, 2.75) is 12.6 Å². The summed E-state index contributed by atoms with van der Waals surface area (Å²) in [6.07, 6.45) is -0.235. The molecule has 0 fully saturated rings. The molecule has 1 N–H and O–H groups in total. The second kappa shape index (κ2) is 4.48. The molecule has 7 nitrogen and oxygen atoms in total. The Labute approximate surface area is 128 Å². The molecule has 3 aromatic rings. The number of rotatable bonds is 1. The van der Waals surface area contributed by atoms with E-state index >= 15 is 0 Å². The molecule has 1 atom stereocenters. The number of halogens is 1. The van der Waals surface area contributed by atoms with Crippen molar-refractivity contribution in [1.82, 2.24) is 19.1 Å². The Kier molecular flexibility index (Phi) is 2.67. The highest BCUT2D eigenvalue weighted by Crippen LogP contribution is 2.33. The van der Waals surface area contributed by atoms with Gasteiger partial charge in [-0.1, -0.05) is 23.7 Å². The molecule has 4 rings (SSSR count). The highest BCUT2D eigenvalue weighted by atomic mass is 35.5. The molecule has 0 spiro atoms. The van der Waals surface area contributed by atoms with Crippen LogP contribution in [0.3, 0.4) is 0 Å². The van der Waals surface area contributed by atoms with Gasteiger partial charge in [0.25, 0.3) is 11.6 Å². The number of hydrogen-bond donors (Lipinski definition) is 1. The molecule has 8 heteroatoms. The third-order valence-electron chi connectivity index (χ3n) is 3.81. The predicted molar refractivity (Wildman–Crippen MR) is 80.4 cm³/mol. The standard InChI is InChI=1S/C14H11ClN4O3/c1-18-11-10(12(20)17-13(18)21)19-6-9(22-14(19)16-11)7-2-4-8(15)5-3-7/h2-5,9H,6H2,1H3,(H,17,20,21)/t9-/m1/s1. The first-order valence-corrected chi connectivity index (χ1v) is 7.04. The number of aromatic amines is 1. The fraction of sp³-hybridized carbons (Fsp3) is 0.214. The molecule has 1 aliphatic heterocycles. The fourth-order valence-electron chi connectivity index (χ4n) is 2.66. The Hall–Kier alpha value is -2.54. The molecule has 0 saturated carbocycles. The lowest BCUT2D eigenvalue weighted by Crippen LogP contribution is -2.29. The summed E-state index contributed by atoms with van der Waals surface area (Å²) in [5, 5.41) is 0.649. The number of imidazole rings is 1. The summed E-state index contributed by atoms with van der Waals surface area (Å²) in [7, 11) is 1.56. The van der Waals surface area contributed by atoms with Gasteiger partial charge < -0.3 is 4.74 Å². The van der Waals surface area contributed by atoms with Crippen LogP contribution in [0, 0.1) is 0 Å². The first kappa shape index (κ1) is 13.1. The van der Waals surface area contributed by atoms with Crippen molar-refractivity contribution in [2.24, 2.45) is 7.05 Å². The first-order valence-electron chi connectivity index (χ1n) is 6.66. The summed E-state index contributed by atoms with van der Waals surface area (Å²) in [6.45, 7) is 0.453. The van der Waals surface area contributed by atoms with E-state index in [1.54, 1.807) is 23.7 Å². The lowest BCUT2D eigenvalue weighted by Gasteiger charge is -2.09. The van der Waals surface area contributed by atoms with E-state index in [1.165, 1.54) is 4.57 Å². The Morgan fingerprint density at radius 1 is 1.32 bits per heavy atom. The largest absolute Gasteiger partial charge is 0.454 e. The van der Waals surface area contributed by atoms with Gasteiger partial charge in [0.2, 0.25) is 0 Å². The van der Waals surface area contributed by atoms with Gasteiger partial charge in [-0.25, -0.2) is 4.79 Å².